The minimum Gasteiger partial charge on any atom is -0.335 e. The van der Waals surface area contributed by atoms with Crippen LogP contribution in [0.3, 0.4) is 0 Å². The molecule has 2 aromatic rings. The van der Waals surface area contributed by atoms with E-state index in [9.17, 15) is 9.18 Å². The van der Waals surface area contributed by atoms with Gasteiger partial charge in [0.15, 0.2) is 0 Å². The number of aryl methyl sites for hydroxylation is 2. The van der Waals surface area contributed by atoms with Gasteiger partial charge in [0.05, 0.1) is 6.04 Å². The van der Waals surface area contributed by atoms with Gasteiger partial charge in [0, 0.05) is 19.2 Å². The summed E-state index contributed by atoms with van der Waals surface area (Å²) in [6.07, 6.45) is 1.56. The molecule has 1 saturated heterocycles. The summed E-state index contributed by atoms with van der Waals surface area (Å²) in [5, 5.41) is 4.35. The lowest BCUT2D eigenvalue weighted by Gasteiger charge is -2.38. The Morgan fingerprint density at radius 3 is 2.70 bits per heavy atom. The second-order valence-corrected chi connectivity index (χ2v) is 5.89. The summed E-state index contributed by atoms with van der Waals surface area (Å²) in [7, 11) is 0. The predicted molar refractivity (Wildman–Crippen MR) is 85.2 cm³/mol. The molecular formula is C17H19FN4O. The Hall–Kier alpha value is -2.50. The van der Waals surface area contributed by atoms with Crippen molar-refractivity contribution < 1.29 is 9.18 Å². The summed E-state index contributed by atoms with van der Waals surface area (Å²) in [6, 6.07) is 6.44. The van der Waals surface area contributed by atoms with Crippen LogP contribution in [-0.4, -0.2) is 38.7 Å². The molecule has 0 bridgehead atoms. The van der Waals surface area contributed by atoms with Gasteiger partial charge < -0.3 is 4.90 Å². The summed E-state index contributed by atoms with van der Waals surface area (Å²) in [5.74, 6) is 1.25. The van der Waals surface area contributed by atoms with Crippen molar-refractivity contribution in [3.8, 4) is 0 Å². The van der Waals surface area contributed by atoms with Crippen LogP contribution in [0.25, 0.3) is 5.57 Å². The number of amides is 1. The first-order valence-corrected chi connectivity index (χ1v) is 7.57. The first-order valence-electron chi connectivity index (χ1n) is 7.57. The van der Waals surface area contributed by atoms with Gasteiger partial charge in [-0.15, -0.1) is 0 Å². The molecule has 1 aromatic heterocycles. The fourth-order valence-corrected chi connectivity index (χ4v) is 2.77. The van der Waals surface area contributed by atoms with Crippen molar-refractivity contribution in [2.45, 2.75) is 26.8 Å². The first kappa shape index (κ1) is 15.4. The Morgan fingerprint density at radius 2 is 2.09 bits per heavy atom. The van der Waals surface area contributed by atoms with Crippen LogP contribution in [0.2, 0.25) is 0 Å². The largest absolute Gasteiger partial charge is 0.335 e. The predicted octanol–water partition coefficient (Wildman–Crippen LogP) is 2.52. The Balaban J connectivity index is 1.64. The van der Waals surface area contributed by atoms with E-state index in [1.165, 1.54) is 12.1 Å². The van der Waals surface area contributed by atoms with Crippen molar-refractivity contribution in [2.75, 3.05) is 13.1 Å². The van der Waals surface area contributed by atoms with Gasteiger partial charge in [0.1, 0.15) is 17.5 Å². The highest BCUT2D eigenvalue weighted by Crippen LogP contribution is 2.23. The number of carbonyl (C=O) groups excluding carboxylic acids is 1. The zero-order chi connectivity index (χ0) is 16.6. The smallest absolute Gasteiger partial charge is 0.246 e. The third-order valence-electron chi connectivity index (χ3n) is 4.05. The van der Waals surface area contributed by atoms with E-state index in [4.69, 9.17) is 0 Å². The number of hydrogen-bond acceptors (Lipinski definition) is 3. The summed E-state index contributed by atoms with van der Waals surface area (Å²) in [6.45, 7) is 6.83. The van der Waals surface area contributed by atoms with Crippen LogP contribution < -0.4 is 0 Å². The maximum absolute atomic E-state index is 13.2. The molecule has 5 nitrogen and oxygen atoms in total. The monoisotopic (exact) mass is 314 g/mol. The molecule has 1 aromatic carbocycles. The summed E-state index contributed by atoms with van der Waals surface area (Å²) in [4.78, 5) is 18.3. The molecule has 0 N–H and O–H groups in total. The molecule has 0 spiro atoms. The maximum atomic E-state index is 13.2. The number of hydrogen-bond donors (Lipinski definition) is 0. The molecule has 0 aliphatic carbocycles. The van der Waals surface area contributed by atoms with Crippen LogP contribution in [0.4, 0.5) is 4.39 Å². The molecule has 0 saturated carbocycles. The van der Waals surface area contributed by atoms with E-state index in [0.717, 1.165) is 22.8 Å². The quantitative estimate of drug-likeness (QED) is 0.818. The van der Waals surface area contributed by atoms with Gasteiger partial charge in [-0.05, 0) is 44.0 Å². The first-order chi connectivity index (χ1) is 10.9. The number of allylic oxidation sites excluding steroid dienone is 1. The van der Waals surface area contributed by atoms with Gasteiger partial charge in [0.2, 0.25) is 5.91 Å². The molecule has 6 heteroatoms. The topological polar surface area (TPSA) is 51.0 Å². The average Bonchev–Trinajstić information content (AvgIpc) is 2.76. The molecule has 3 rings (SSSR count). The molecule has 1 aliphatic rings. The van der Waals surface area contributed by atoms with Crippen molar-refractivity contribution >= 4 is 11.5 Å². The lowest BCUT2D eigenvalue weighted by molar-refractivity contribution is -0.131. The van der Waals surface area contributed by atoms with Crippen LogP contribution in [0.15, 0.2) is 30.3 Å². The van der Waals surface area contributed by atoms with Crippen LogP contribution in [0, 0.1) is 19.7 Å². The molecule has 120 valence electrons. The number of nitrogens with zero attached hydrogens (tertiary/aromatic N) is 4. The standard InChI is InChI=1S/C17H19FN4O/c1-11(14-5-4-6-15(18)8-14)7-17(23)21-9-16(10-21)22-13(3)19-12(2)20-22/h4-8,16H,9-10H2,1-3H3. The summed E-state index contributed by atoms with van der Waals surface area (Å²) < 4.78 is 15.1. The second-order valence-electron chi connectivity index (χ2n) is 5.89. The van der Waals surface area contributed by atoms with Crippen molar-refractivity contribution in [1.29, 1.82) is 0 Å². The highest BCUT2D eigenvalue weighted by molar-refractivity contribution is 5.95. The average molecular weight is 314 g/mol. The van der Waals surface area contributed by atoms with Crippen molar-refractivity contribution in [2.24, 2.45) is 0 Å². The SMILES string of the molecule is CC(=CC(=O)N1CC(n2nc(C)nc2C)C1)c1cccc(F)c1. The van der Waals surface area contributed by atoms with E-state index in [1.807, 2.05) is 25.5 Å². The summed E-state index contributed by atoms with van der Waals surface area (Å²) in [5.41, 5.74) is 1.48. The highest BCUT2D eigenvalue weighted by Gasteiger charge is 2.32. The normalized spacial score (nSPS) is 15.7. The third-order valence-corrected chi connectivity index (χ3v) is 4.05. The zero-order valence-electron chi connectivity index (χ0n) is 13.5. The van der Waals surface area contributed by atoms with Crippen LogP contribution in [0.5, 0.6) is 0 Å². The molecule has 1 aliphatic heterocycles. The summed E-state index contributed by atoms with van der Waals surface area (Å²) >= 11 is 0. The van der Waals surface area contributed by atoms with Gasteiger partial charge in [-0.1, -0.05) is 12.1 Å². The van der Waals surface area contributed by atoms with Crippen LogP contribution in [0.1, 0.15) is 30.2 Å². The lowest BCUT2D eigenvalue weighted by Crippen LogP contribution is -2.50. The molecule has 0 unspecified atom stereocenters. The Bertz CT molecular complexity index is 775. The van der Waals surface area contributed by atoms with Gasteiger partial charge in [-0.25, -0.2) is 14.1 Å². The molecule has 2 heterocycles. The molecule has 23 heavy (non-hydrogen) atoms. The minimum absolute atomic E-state index is 0.0579. The van der Waals surface area contributed by atoms with Gasteiger partial charge in [0.25, 0.3) is 0 Å². The molecule has 1 amide bonds. The van der Waals surface area contributed by atoms with E-state index in [-0.39, 0.29) is 17.8 Å². The van der Waals surface area contributed by atoms with Crippen molar-refractivity contribution in [3.05, 3.63) is 53.4 Å². The minimum atomic E-state index is -0.302. The number of carbonyl (C=O) groups is 1. The lowest BCUT2D eigenvalue weighted by atomic mass is 10.1. The van der Waals surface area contributed by atoms with E-state index in [2.05, 4.69) is 10.1 Å². The highest BCUT2D eigenvalue weighted by atomic mass is 19.1. The number of benzene rings is 1. The van der Waals surface area contributed by atoms with Crippen molar-refractivity contribution in [1.82, 2.24) is 19.7 Å². The fraction of sp³-hybridized carbons (Fsp3) is 0.353. The maximum Gasteiger partial charge on any atom is 0.246 e. The number of likely N-dealkylation sites (tertiary alicyclic amines) is 1. The van der Waals surface area contributed by atoms with Gasteiger partial charge >= 0.3 is 0 Å². The molecular weight excluding hydrogens is 295 g/mol. The Morgan fingerprint density at radius 1 is 1.35 bits per heavy atom. The number of rotatable bonds is 3. The second kappa shape index (κ2) is 5.95. The van der Waals surface area contributed by atoms with E-state index in [1.54, 1.807) is 23.1 Å². The Labute approximate surface area is 134 Å². The molecule has 0 radical (unpaired) electrons. The van der Waals surface area contributed by atoms with Crippen molar-refractivity contribution in [3.63, 3.8) is 0 Å². The zero-order valence-corrected chi connectivity index (χ0v) is 13.5. The number of aromatic nitrogens is 3. The molecule has 0 atom stereocenters. The van der Waals surface area contributed by atoms with E-state index >= 15 is 0 Å². The van der Waals surface area contributed by atoms with E-state index in [0.29, 0.717) is 13.1 Å². The van der Waals surface area contributed by atoms with Crippen LogP contribution in [-0.2, 0) is 4.79 Å². The van der Waals surface area contributed by atoms with Gasteiger partial charge in [-0.2, -0.15) is 5.10 Å². The third kappa shape index (κ3) is 3.16. The fourth-order valence-electron chi connectivity index (χ4n) is 2.77. The Kier molecular flexibility index (Phi) is 3.98. The van der Waals surface area contributed by atoms with Gasteiger partial charge in [-0.3, -0.25) is 4.79 Å². The number of halogens is 1. The molecule has 1 fully saturated rings. The van der Waals surface area contributed by atoms with Crippen LogP contribution >= 0.6 is 0 Å². The van der Waals surface area contributed by atoms with E-state index < -0.39 is 0 Å².